The molecule has 0 N–H and O–H groups in total. The van der Waals surface area contributed by atoms with Gasteiger partial charge in [-0.05, 0) is 25.0 Å². The standard InChI is InChI=1S/C13H13N/c1-3-11(10-14)13(4-2)12-8-6-5-7-9-12/h3-9H,1-2H3/b11-3-,13-4+. The van der Waals surface area contributed by atoms with Crippen molar-refractivity contribution in [1.29, 1.82) is 5.26 Å². The van der Waals surface area contributed by atoms with Gasteiger partial charge >= 0.3 is 0 Å². The Balaban J connectivity index is 3.15. The van der Waals surface area contributed by atoms with E-state index in [1.165, 1.54) is 0 Å². The van der Waals surface area contributed by atoms with Crippen LogP contribution < -0.4 is 0 Å². The van der Waals surface area contributed by atoms with Gasteiger partial charge in [0.25, 0.3) is 0 Å². The van der Waals surface area contributed by atoms with Crippen molar-refractivity contribution in [1.82, 2.24) is 0 Å². The quantitative estimate of drug-likeness (QED) is 0.508. The number of allylic oxidation sites excluding steroid dienone is 4. The second-order valence-corrected chi connectivity index (χ2v) is 2.88. The normalized spacial score (nSPS) is 12.4. The SMILES string of the molecule is C/C=C(\C(C#N)=C/C)c1ccccc1. The lowest BCUT2D eigenvalue weighted by atomic mass is 9.98. The Bertz CT molecular complexity index is 391. The zero-order chi connectivity index (χ0) is 10.4. The van der Waals surface area contributed by atoms with Crippen molar-refractivity contribution in [2.45, 2.75) is 13.8 Å². The van der Waals surface area contributed by atoms with Crippen LogP contribution in [-0.2, 0) is 0 Å². The number of hydrogen-bond donors (Lipinski definition) is 0. The Hall–Kier alpha value is -1.81. The first-order valence-electron chi connectivity index (χ1n) is 4.62. The van der Waals surface area contributed by atoms with Crippen molar-refractivity contribution in [3.8, 4) is 6.07 Å². The molecule has 0 bridgehead atoms. The third-order valence-electron chi connectivity index (χ3n) is 2.07. The summed E-state index contributed by atoms with van der Waals surface area (Å²) in [7, 11) is 0. The molecule has 0 aliphatic rings. The van der Waals surface area contributed by atoms with E-state index in [9.17, 15) is 0 Å². The molecule has 1 nitrogen and oxygen atoms in total. The van der Waals surface area contributed by atoms with Crippen LogP contribution >= 0.6 is 0 Å². The number of hydrogen-bond acceptors (Lipinski definition) is 1. The Labute approximate surface area is 85.0 Å². The van der Waals surface area contributed by atoms with Crippen molar-refractivity contribution in [2.24, 2.45) is 0 Å². The van der Waals surface area contributed by atoms with Crippen LogP contribution in [0.3, 0.4) is 0 Å². The van der Waals surface area contributed by atoms with Gasteiger partial charge in [-0.2, -0.15) is 5.26 Å². The highest BCUT2D eigenvalue weighted by Gasteiger charge is 2.03. The molecular weight excluding hydrogens is 170 g/mol. The second kappa shape index (κ2) is 5.04. The maximum Gasteiger partial charge on any atom is 0.0994 e. The fraction of sp³-hybridized carbons (Fsp3) is 0.154. The molecule has 0 aliphatic heterocycles. The van der Waals surface area contributed by atoms with Crippen LogP contribution in [-0.4, -0.2) is 0 Å². The number of nitriles is 1. The predicted molar refractivity (Wildman–Crippen MR) is 59.5 cm³/mol. The first-order valence-corrected chi connectivity index (χ1v) is 4.62. The van der Waals surface area contributed by atoms with Crippen LogP contribution in [0.5, 0.6) is 0 Å². The largest absolute Gasteiger partial charge is 0.192 e. The van der Waals surface area contributed by atoms with E-state index in [2.05, 4.69) is 6.07 Å². The summed E-state index contributed by atoms with van der Waals surface area (Å²) < 4.78 is 0. The highest BCUT2D eigenvalue weighted by Crippen LogP contribution is 2.21. The summed E-state index contributed by atoms with van der Waals surface area (Å²) in [4.78, 5) is 0. The van der Waals surface area contributed by atoms with Gasteiger partial charge in [-0.3, -0.25) is 0 Å². The summed E-state index contributed by atoms with van der Waals surface area (Å²) in [6.45, 7) is 3.83. The molecule has 1 rings (SSSR count). The van der Waals surface area contributed by atoms with Crippen molar-refractivity contribution in [2.75, 3.05) is 0 Å². The monoisotopic (exact) mass is 183 g/mol. The van der Waals surface area contributed by atoms with Crippen LogP contribution in [0, 0.1) is 11.3 Å². The van der Waals surface area contributed by atoms with E-state index in [0.29, 0.717) is 0 Å². The highest BCUT2D eigenvalue weighted by atomic mass is 14.3. The van der Waals surface area contributed by atoms with Crippen LogP contribution in [0.1, 0.15) is 19.4 Å². The zero-order valence-electron chi connectivity index (χ0n) is 8.49. The van der Waals surface area contributed by atoms with Crippen molar-refractivity contribution >= 4 is 5.57 Å². The maximum absolute atomic E-state index is 8.93. The summed E-state index contributed by atoms with van der Waals surface area (Å²) in [5.41, 5.74) is 2.80. The van der Waals surface area contributed by atoms with E-state index >= 15 is 0 Å². The molecule has 0 unspecified atom stereocenters. The van der Waals surface area contributed by atoms with Gasteiger partial charge in [0, 0.05) is 0 Å². The lowest BCUT2D eigenvalue weighted by Crippen LogP contribution is -1.86. The Kier molecular flexibility index (Phi) is 3.69. The minimum Gasteiger partial charge on any atom is -0.192 e. The molecule has 1 aromatic carbocycles. The molecule has 0 fully saturated rings. The smallest absolute Gasteiger partial charge is 0.0994 e. The molecule has 1 heteroatoms. The van der Waals surface area contributed by atoms with Gasteiger partial charge in [0.15, 0.2) is 0 Å². The van der Waals surface area contributed by atoms with E-state index in [0.717, 1.165) is 16.7 Å². The van der Waals surface area contributed by atoms with Crippen LogP contribution in [0.4, 0.5) is 0 Å². The topological polar surface area (TPSA) is 23.8 Å². The van der Waals surface area contributed by atoms with Crippen LogP contribution in [0.2, 0.25) is 0 Å². The number of benzene rings is 1. The molecule has 0 spiro atoms. The third kappa shape index (κ3) is 2.11. The number of nitrogens with zero attached hydrogens (tertiary/aromatic N) is 1. The van der Waals surface area contributed by atoms with Crippen LogP contribution in [0.15, 0.2) is 48.1 Å². The Morgan fingerprint density at radius 3 is 2.21 bits per heavy atom. The van der Waals surface area contributed by atoms with Gasteiger partial charge < -0.3 is 0 Å². The minimum atomic E-state index is 0.721. The maximum atomic E-state index is 8.93. The van der Waals surface area contributed by atoms with E-state index in [-0.39, 0.29) is 0 Å². The molecular formula is C13H13N. The summed E-state index contributed by atoms with van der Waals surface area (Å²) in [5.74, 6) is 0. The van der Waals surface area contributed by atoms with E-state index < -0.39 is 0 Å². The van der Waals surface area contributed by atoms with Crippen LogP contribution in [0.25, 0.3) is 5.57 Å². The predicted octanol–water partition coefficient (Wildman–Crippen LogP) is 3.56. The fourth-order valence-electron chi connectivity index (χ4n) is 1.38. The van der Waals surface area contributed by atoms with Crippen molar-refractivity contribution < 1.29 is 0 Å². The molecule has 0 amide bonds. The van der Waals surface area contributed by atoms with E-state index in [1.54, 1.807) is 0 Å². The Morgan fingerprint density at radius 2 is 1.79 bits per heavy atom. The molecule has 0 aliphatic carbocycles. The third-order valence-corrected chi connectivity index (χ3v) is 2.07. The number of rotatable bonds is 2. The fourth-order valence-corrected chi connectivity index (χ4v) is 1.38. The average molecular weight is 183 g/mol. The first-order chi connectivity index (χ1) is 6.83. The second-order valence-electron chi connectivity index (χ2n) is 2.88. The van der Waals surface area contributed by atoms with E-state index in [4.69, 9.17) is 5.26 Å². The molecule has 14 heavy (non-hydrogen) atoms. The first kappa shape index (κ1) is 10.3. The van der Waals surface area contributed by atoms with Gasteiger partial charge in [-0.15, -0.1) is 0 Å². The van der Waals surface area contributed by atoms with Gasteiger partial charge in [0.2, 0.25) is 0 Å². The lowest BCUT2D eigenvalue weighted by molar-refractivity contribution is 1.47. The van der Waals surface area contributed by atoms with Gasteiger partial charge in [-0.25, -0.2) is 0 Å². The summed E-state index contributed by atoms with van der Waals surface area (Å²) in [6.07, 6.45) is 3.80. The highest BCUT2D eigenvalue weighted by molar-refractivity contribution is 5.82. The lowest BCUT2D eigenvalue weighted by Gasteiger charge is -2.04. The molecule has 0 radical (unpaired) electrons. The Morgan fingerprint density at radius 1 is 1.14 bits per heavy atom. The van der Waals surface area contributed by atoms with Gasteiger partial charge in [0.1, 0.15) is 0 Å². The van der Waals surface area contributed by atoms with Gasteiger partial charge in [-0.1, -0.05) is 42.5 Å². The van der Waals surface area contributed by atoms with Gasteiger partial charge in [0.05, 0.1) is 11.6 Å². The molecule has 0 saturated carbocycles. The average Bonchev–Trinajstić information content (AvgIpc) is 2.27. The minimum absolute atomic E-state index is 0.721. The molecule has 0 saturated heterocycles. The molecule has 70 valence electrons. The summed E-state index contributed by atoms with van der Waals surface area (Å²) in [5, 5.41) is 8.93. The molecule has 0 heterocycles. The molecule has 1 aromatic rings. The zero-order valence-corrected chi connectivity index (χ0v) is 8.49. The van der Waals surface area contributed by atoms with Crippen molar-refractivity contribution in [3.05, 3.63) is 53.6 Å². The molecule has 0 aromatic heterocycles. The van der Waals surface area contributed by atoms with E-state index in [1.807, 2.05) is 56.3 Å². The van der Waals surface area contributed by atoms with Crippen molar-refractivity contribution in [3.63, 3.8) is 0 Å². The summed E-state index contributed by atoms with van der Waals surface area (Å²) in [6, 6.07) is 12.1. The molecule has 0 atom stereocenters. The summed E-state index contributed by atoms with van der Waals surface area (Å²) >= 11 is 0.